The number of rotatable bonds is 8. The van der Waals surface area contributed by atoms with Crippen LogP contribution in [-0.2, 0) is 11.3 Å². The Kier molecular flexibility index (Phi) is 11.2. The molecule has 1 aromatic heterocycles. The molecule has 7 heteroatoms. The van der Waals surface area contributed by atoms with Crippen molar-refractivity contribution in [3.8, 4) is 0 Å². The summed E-state index contributed by atoms with van der Waals surface area (Å²) in [4.78, 5) is 6.89. The van der Waals surface area contributed by atoms with Crippen LogP contribution in [0.4, 0.5) is 0 Å². The predicted molar refractivity (Wildman–Crippen MR) is 115 cm³/mol. The van der Waals surface area contributed by atoms with Crippen LogP contribution in [0.5, 0.6) is 0 Å². The van der Waals surface area contributed by atoms with Gasteiger partial charge in [-0.05, 0) is 24.5 Å². The van der Waals surface area contributed by atoms with Gasteiger partial charge < -0.3 is 19.9 Å². The van der Waals surface area contributed by atoms with E-state index in [1.807, 2.05) is 19.2 Å². The Hall–Kier alpha value is -0.800. The fraction of sp³-hybridized carbons (Fsp3) is 0.722. The van der Waals surface area contributed by atoms with Gasteiger partial charge in [-0.1, -0.05) is 13.8 Å². The van der Waals surface area contributed by atoms with Crippen molar-refractivity contribution in [1.82, 2.24) is 20.1 Å². The minimum atomic E-state index is 0. The Labute approximate surface area is 169 Å². The fourth-order valence-electron chi connectivity index (χ4n) is 3.11. The first-order chi connectivity index (χ1) is 11.7. The van der Waals surface area contributed by atoms with Crippen LogP contribution in [0.1, 0.15) is 20.3 Å². The highest BCUT2D eigenvalue weighted by Gasteiger charge is 2.22. The second kappa shape index (κ2) is 12.5. The summed E-state index contributed by atoms with van der Waals surface area (Å²) in [5.41, 5.74) is 0. The summed E-state index contributed by atoms with van der Waals surface area (Å²) in [6.45, 7) is 11.0. The molecule has 1 saturated heterocycles. The summed E-state index contributed by atoms with van der Waals surface area (Å²) in [6.07, 6.45) is 5.34. The van der Waals surface area contributed by atoms with E-state index < -0.39 is 0 Å². The lowest BCUT2D eigenvalue weighted by Gasteiger charge is -2.35. The SMILES string of the molecule is CN=C(NCCn1cccc1)NCC(CC(C)C)N1CCOCC1.I. The van der Waals surface area contributed by atoms with E-state index >= 15 is 0 Å². The number of morpholine rings is 1. The number of halogens is 1. The van der Waals surface area contributed by atoms with E-state index in [1.54, 1.807) is 0 Å². The van der Waals surface area contributed by atoms with Gasteiger partial charge in [-0.15, -0.1) is 24.0 Å². The Bertz CT molecular complexity index is 472. The molecule has 1 unspecified atom stereocenters. The summed E-state index contributed by atoms with van der Waals surface area (Å²) in [5, 5.41) is 6.89. The lowest BCUT2D eigenvalue weighted by molar-refractivity contribution is 0.0132. The van der Waals surface area contributed by atoms with Gasteiger partial charge in [-0.3, -0.25) is 9.89 Å². The van der Waals surface area contributed by atoms with Gasteiger partial charge in [0.25, 0.3) is 0 Å². The first kappa shape index (κ1) is 22.2. The summed E-state index contributed by atoms with van der Waals surface area (Å²) in [6, 6.07) is 4.62. The van der Waals surface area contributed by atoms with Crippen LogP contribution < -0.4 is 10.6 Å². The van der Waals surface area contributed by atoms with Gasteiger partial charge in [-0.2, -0.15) is 0 Å². The fourth-order valence-corrected chi connectivity index (χ4v) is 3.11. The monoisotopic (exact) mass is 463 g/mol. The van der Waals surface area contributed by atoms with Crippen molar-refractivity contribution in [2.45, 2.75) is 32.9 Å². The number of guanidine groups is 1. The van der Waals surface area contributed by atoms with E-state index in [4.69, 9.17) is 4.74 Å². The second-order valence-electron chi connectivity index (χ2n) is 6.73. The number of hydrogen-bond donors (Lipinski definition) is 2. The van der Waals surface area contributed by atoms with Gasteiger partial charge in [0.2, 0.25) is 0 Å². The lowest BCUT2D eigenvalue weighted by Crippen LogP contribution is -2.51. The van der Waals surface area contributed by atoms with E-state index in [2.05, 4.69) is 51.3 Å². The van der Waals surface area contributed by atoms with Crippen molar-refractivity contribution >= 4 is 29.9 Å². The highest BCUT2D eigenvalue weighted by molar-refractivity contribution is 14.0. The molecule has 0 amide bonds. The number of aliphatic imine (C=N–C) groups is 1. The third kappa shape index (κ3) is 8.42. The number of nitrogens with zero attached hydrogens (tertiary/aromatic N) is 3. The zero-order valence-corrected chi connectivity index (χ0v) is 18.1. The highest BCUT2D eigenvalue weighted by atomic mass is 127. The molecule has 0 saturated carbocycles. The third-order valence-corrected chi connectivity index (χ3v) is 4.36. The first-order valence-corrected chi connectivity index (χ1v) is 9.06. The van der Waals surface area contributed by atoms with Gasteiger partial charge >= 0.3 is 0 Å². The molecule has 0 aromatic carbocycles. The molecular weight excluding hydrogens is 429 g/mol. The summed E-state index contributed by atoms with van der Waals surface area (Å²) >= 11 is 0. The molecule has 25 heavy (non-hydrogen) atoms. The van der Waals surface area contributed by atoms with E-state index in [1.165, 1.54) is 6.42 Å². The number of nitrogens with one attached hydrogen (secondary N) is 2. The molecule has 144 valence electrons. The molecule has 0 aliphatic carbocycles. The van der Waals surface area contributed by atoms with Crippen LogP contribution in [0, 0.1) is 5.92 Å². The minimum Gasteiger partial charge on any atom is -0.379 e. The van der Waals surface area contributed by atoms with Gasteiger partial charge in [-0.25, -0.2) is 0 Å². The molecule has 6 nitrogen and oxygen atoms in total. The summed E-state index contributed by atoms with van der Waals surface area (Å²) < 4.78 is 7.65. The van der Waals surface area contributed by atoms with E-state index in [0.717, 1.165) is 51.9 Å². The Balaban J connectivity index is 0.00000312. The second-order valence-corrected chi connectivity index (χ2v) is 6.73. The van der Waals surface area contributed by atoms with Crippen molar-refractivity contribution in [3.63, 3.8) is 0 Å². The topological polar surface area (TPSA) is 53.8 Å². The maximum Gasteiger partial charge on any atom is 0.191 e. The number of hydrogen-bond acceptors (Lipinski definition) is 3. The average Bonchev–Trinajstić information content (AvgIpc) is 3.10. The van der Waals surface area contributed by atoms with Crippen LogP contribution in [0.2, 0.25) is 0 Å². The van der Waals surface area contributed by atoms with Crippen LogP contribution in [0.3, 0.4) is 0 Å². The molecule has 1 fully saturated rings. The smallest absolute Gasteiger partial charge is 0.191 e. The van der Waals surface area contributed by atoms with Gasteiger partial charge in [0.15, 0.2) is 5.96 Å². The summed E-state index contributed by atoms with van der Waals surface area (Å²) in [7, 11) is 1.83. The van der Waals surface area contributed by atoms with Crippen LogP contribution in [0.25, 0.3) is 0 Å². The minimum absolute atomic E-state index is 0. The van der Waals surface area contributed by atoms with Gasteiger partial charge in [0, 0.05) is 58.2 Å². The van der Waals surface area contributed by atoms with Crippen molar-refractivity contribution in [2.24, 2.45) is 10.9 Å². The molecule has 0 spiro atoms. The average molecular weight is 463 g/mol. The lowest BCUT2D eigenvalue weighted by atomic mass is 10.0. The van der Waals surface area contributed by atoms with E-state index in [0.29, 0.717) is 12.0 Å². The quantitative estimate of drug-likeness (QED) is 0.352. The summed E-state index contributed by atoms with van der Waals surface area (Å²) in [5.74, 6) is 1.56. The molecule has 0 radical (unpaired) electrons. The van der Waals surface area contributed by atoms with Crippen molar-refractivity contribution in [3.05, 3.63) is 24.5 Å². The highest BCUT2D eigenvalue weighted by Crippen LogP contribution is 2.12. The Morgan fingerprint density at radius 1 is 1.16 bits per heavy atom. The Morgan fingerprint density at radius 2 is 1.84 bits per heavy atom. The Morgan fingerprint density at radius 3 is 2.44 bits per heavy atom. The molecule has 1 aliphatic heterocycles. The van der Waals surface area contributed by atoms with Gasteiger partial charge in [0.1, 0.15) is 0 Å². The number of ether oxygens (including phenoxy) is 1. The van der Waals surface area contributed by atoms with E-state index in [-0.39, 0.29) is 24.0 Å². The van der Waals surface area contributed by atoms with Crippen molar-refractivity contribution in [1.29, 1.82) is 0 Å². The molecule has 2 rings (SSSR count). The van der Waals surface area contributed by atoms with E-state index in [9.17, 15) is 0 Å². The van der Waals surface area contributed by atoms with Crippen LogP contribution >= 0.6 is 24.0 Å². The van der Waals surface area contributed by atoms with Crippen molar-refractivity contribution in [2.75, 3.05) is 46.4 Å². The molecule has 1 aromatic rings. The molecular formula is C18H34IN5O. The largest absolute Gasteiger partial charge is 0.379 e. The zero-order chi connectivity index (χ0) is 17.2. The predicted octanol–water partition coefficient (Wildman–Crippen LogP) is 2.02. The maximum absolute atomic E-state index is 5.49. The van der Waals surface area contributed by atoms with Crippen LogP contribution in [0.15, 0.2) is 29.5 Å². The molecule has 2 N–H and O–H groups in total. The zero-order valence-electron chi connectivity index (χ0n) is 15.8. The molecule has 1 aliphatic rings. The van der Waals surface area contributed by atoms with Crippen LogP contribution in [-0.4, -0.2) is 67.9 Å². The molecule has 1 atom stereocenters. The van der Waals surface area contributed by atoms with Gasteiger partial charge in [0.05, 0.1) is 13.2 Å². The maximum atomic E-state index is 5.49. The van der Waals surface area contributed by atoms with Crippen molar-refractivity contribution < 1.29 is 4.74 Å². The number of aromatic nitrogens is 1. The molecule has 0 bridgehead atoms. The first-order valence-electron chi connectivity index (χ1n) is 9.06. The normalized spacial score (nSPS) is 17.2. The third-order valence-electron chi connectivity index (χ3n) is 4.36. The molecule has 2 heterocycles. The standard InChI is InChI=1S/C18H33N5O.HI/c1-16(2)14-17(23-10-12-24-13-11-23)15-21-18(19-3)20-6-9-22-7-4-5-8-22;/h4-5,7-8,16-17H,6,9-15H2,1-3H3,(H2,19,20,21);1H.